The van der Waals surface area contributed by atoms with Crippen LogP contribution in [-0.4, -0.2) is 78.4 Å². The topological polar surface area (TPSA) is 68.8 Å². The molecule has 2 saturated heterocycles. The predicted octanol–water partition coefficient (Wildman–Crippen LogP) is 2.98. The molecule has 0 bridgehead atoms. The van der Waals surface area contributed by atoms with Crippen LogP contribution in [0, 0.1) is 0 Å². The lowest BCUT2D eigenvalue weighted by atomic mass is 9.93. The standard InChI is InChI=1S/C24H31N5O2/c1-27(2)12-10-23(30)28-13-9-20(15-28)18-5-7-22(8-6-18)26-24(31)29-16-21(17-29)19-4-3-11-25-14-19/h3-8,11,14,20-21H,9-10,12-13,15-17H2,1-2H3,(H,26,31). The van der Waals surface area contributed by atoms with Crippen molar-refractivity contribution in [1.82, 2.24) is 19.7 Å². The van der Waals surface area contributed by atoms with Crippen LogP contribution in [0.5, 0.6) is 0 Å². The maximum atomic E-state index is 12.5. The van der Waals surface area contributed by atoms with Crippen LogP contribution in [0.3, 0.4) is 0 Å². The monoisotopic (exact) mass is 421 g/mol. The van der Waals surface area contributed by atoms with Crippen molar-refractivity contribution in [3.63, 3.8) is 0 Å². The van der Waals surface area contributed by atoms with Crippen molar-refractivity contribution in [2.75, 3.05) is 52.1 Å². The van der Waals surface area contributed by atoms with Gasteiger partial charge in [-0.2, -0.15) is 0 Å². The third kappa shape index (κ3) is 5.22. The average molecular weight is 422 g/mol. The van der Waals surface area contributed by atoms with Gasteiger partial charge in [0.1, 0.15) is 0 Å². The fourth-order valence-electron chi connectivity index (χ4n) is 4.25. The molecule has 2 aromatic rings. The molecule has 1 aromatic heterocycles. The molecule has 0 radical (unpaired) electrons. The number of nitrogens with one attached hydrogen (secondary N) is 1. The van der Waals surface area contributed by atoms with Crippen LogP contribution < -0.4 is 5.32 Å². The molecule has 3 heterocycles. The molecular weight excluding hydrogens is 390 g/mol. The Morgan fingerprint density at radius 2 is 1.77 bits per heavy atom. The lowest BCUT2D eigenvalue weighted by Crippen LogP contribution is -2.50. The van der Waals surface area contributed by atoms with Crippen LogP contribution in [0.25, 0.3) is 0 Å². The number of pyridine rings is 1. The average Bonchev–Trinajstić information content (AvgIpc) is 3.22. The van der Waals surface area contributed by atoms with Crippen LogP contribution in [0.2, 0.25) is 0 Å². The van der Waals surface area contributed by atoms with Crippen LogP contribution in [0.4, 0.5) is 10.5 Å². The quantitative estimate of drug-likeness (QED) is 0.779. The fourth-order valence-corrected chi connectivity index (χ4v) is 4.25. The van der Waals surface area contributed by atoms with Crippen molar-refractivity contribution in [2.45, 2.75) is 24.7 Å². The second-order valence-electron chi connectivity index (χ2n) is 8.82. The van der Waals surface area contributed by atoms with E-state index in [1.165, 1.54) is 11.1 Å². The molecule has 1 N–H and O–H groups in total. The van der Waals surface area contributed by atoms with Crippen LogP contribution in [0.1, 0.15) is 35.8 Å². The van der Waals surface area contributed by atoms with Gasteiger partial charge in [0, 0.05) is 69.1 Å². The summed E-state index contributed by atoms with van der Waals surface area (Å²) in [6, 6.07) is 12.0. The van der Waals surface area contributed by atoms with Crippen LogP contribution in [0.15, 0.2) is 48.8 Å². The molecule has 1 unspecified atom stereocenters. The summed E-state index contributed by atoms with van der Waals surface area (Å²) in [4.78, 5) is 34.8. The number of anilines is 1. The molecule has 1 atom stereocenters. The van der Waals surface area contributed by atoms with Gasteiger partial charge in [-0.1, -0.05) is 18.2 Å². The third-order valence-corrected chi connectivity index (χ3v) is 6.27. The van der Waals surface area contributed by atoms with E-state index >= 15 is 0 Å². The first-order chi connectivity index (χ1) is 15.0. The molecule has 164 valence electrons. The van der Waals surface area contributed by atoms with Crippen LogP contribution in [-0.2, 0) is 4.79 Å². The highest BCUT2D eigenvalue weighted by molar-refractivity contribution is 5.90. The number of carbonyl (C=O) groups is 2. The first kappa shape index (κ1) is 21.3. The molecule has 0 saturated carbocycles. The summed E-state index contributed by atoms with van der Waals surface area (Å²) in [6.07, 6.45) is 5.20. The molecule has 0 spiro atoms. The van der Waals surface area contributed by atoms with E-state index in [1.54, 1.807) is 6.20 Å². The molecule has 31 heavy (non-hydrogen) atoms. The van der Waals surface area contributed by atoms with Crippen molar-refractivity contribution in [2.24, 2.45) is 0 Å². The van der Waals surface area contributed by atoms with Crippen LogP contribution >= 0.6 is 0 Å². The molecule has 7 nitrogen and oxygen atoms in total. The van der Waals surface area contributed by atoms with E-state index in [-0.39, 0.29) is 11.9 Å². The van der Waals surface area contributed by atoms with E-state index in [0.29, 0.717) is 18.3 Å². The van der Waals surface area contributed by atoms with Gasteiger partial charge in [-0.25, -0.2) is 4.79 Å². The molecule has 2 aliphatic rings. The Morgan fingerprint density at radius 1 is 1.03 bits per heavy atom. The number of hydrogen-bond acceptors (Lipinski definition) is 4. The molecule has 3 amide bonds. The third-order valence-electron chi connectivity index (χ3n) is 6.27. The zero-order chi connectivity index (χ0) is 21.8. The maximum Gasteiger partial charge on any atom is 0.321 e. The van der Waals surface area contributed by atoms with Gasteiger partial charge in [-0.05, 0) is 49.8 Å². The zero-order valence-corrected chi connectivity index (χ0v) is 18.3. The number of carbonyl (C=O) groups excluding carboxylic acids is 2. The summed E-state index contributed by atoms with van der Waals surface area (Å²) >= 11 is 0. The summed E-state index contributed by atoms with van der Waals surface area (Å²) in [5, 5.41) is 2.99. The molecule has 2 aliphatic heterocycles. The van der Waals surface area contributed by atoms with E-state index in [4.69, 9.17) is 0 Å². The zero-order valence-electron chi connectivity index (χ0n) is 18.3. The molecule has 7 heteroatoms. The predicted molar refractivity (Wildman–Crippen MR) is 121 cm³/mol. The van der Waals surface area contributed by atoms with E-state index in [1.807, 2.05) is 53.2 Å². The number of amides is 3. The van der Waals surface area contributed by atoms with Gasteiger partial charge < -0.3 is 20.0 Å². The smallest absolute Gasteiger partial charge is 0.321 e. The van der Waals surface area contributed by atoms with E-state index < -0.39 is 0 Å². The highest BCUT2D eigenvalue weighted by Crippen LogP contribution is 2.29. The lowest BCUT2D eigenvalue weighted by Gasteiger charge is -2.39. The molecular formula is C24H31N5O2. The highest BCUT2D eigenvalue weighted by Gasteiger charge is 2.32. The summed E-state index contributed by atoms with van der Waals surface area (Å²) in [5.74, 6) is 0.968. The summed E-state index contributed by atoms with van der Waals surface area (Å²) in [6.45, 7) is 3.82. The van der Waals surface area contributed by atoms with Crippen molar-refractivity contribution in [3.8, 4) is 0 Å². The molecule has 2 fully saturated rings. The van der Waals surface area contributed by atoms with Gasteiger partial charge in [0.25, 0.3) is 0 Å². The van der Waals surface area contributed by atoms with Gasteiger partial charge >= 0.3 is 6.03 Å². The first-order valence-electron chi connectivity index (χ1n) is 11.0. The Bertz CT molecular complexity index is 894. The second kappa shape index (κ2) is 9.47. The summed E-state index contributed by atoms with van der Waals surface area (Å²) < 4.78 is 0. The van der Waals surface area contributed by atoms with Crippen molar-refractivity contribution in [3.05, 3.63) is 59.9 Å². The van der Waals surface area contributed by atoms with Crippen molar-refractivity contribution in [1.29, 1.82) is 0 Å². The Hall–Kier alpha value is -2.93. The van der Waals surface area contributed by atoms with Gasteiger partial charge in [0.05, 0.1) is 0 Å². The Morgan fingerprint density at radius 3 is 2.45 bits per heavy atom. The number of likely N-dealkylation sites (tertiary alicyclic amines) is 2. The number of aromatic nitrogens is 1. The summed E-state index contributed by atoms with van der Waals surface area (Å²) in [7, 11) is 3.98. The Kier molecular flexibility index (Phi) is 6.51. The fraction of sp³-hybridized carbons (Fsp3) is 0.458. The second-order valence-corrected chi connectivity index (χ2v) is 8.82. The number of nitrogens with zero attached hydrogens (tertiary/aromatic N) is 4. The Labute approximate surface area is 184 Å². The minimum absolute atomic E-state index is 0.0635. The SMILES string of the molecule is CN(C)CCC(=O)N1CCC(c2ccc(NC(=O)N3CC(c4cccnc4)C3)cc2)C1. The van der Waals surface area contributed by atoms with Gasteiger partial charge in [0.15, 0.2) is 0 Å². The molecule has 4 rings (SSSR count). The number of rotatable bonds is 6. The van der Waals surface area contributed by atoms with Gasteiger partial charge in [-0.3, -0.25) is 9.78 Å². The minimum atomic E-state index is -0.0635. The van der Waals surface area contributed by atoms with Crippen molar-refractivity contribution < 1.29 is 9.59 Å². The van der Waals surface area contributed by atoms with E-state index in [0.717, 1.165) is 44.8 Å². The number of urea groups is 1. The number of benzene rings is 1. The highest BCUT2D eigenvalue weighted by atomic mass is 16.2. The normalized spacial score (nSPS) is 18.9. The van der Waals surface area contributed by atoms with E-state index in [9.17, 15) is 9.59 Å². The molecule has 0 aliphatic carbocycles. The Balaban J connectivity index is 1.24. The van der Waals surface area contributed by atoms with Gasteiger partial charge in [-0.15, -0.1) is 0 Å². The minimum Gasteiger partial charge on any atom is -0.342 e. The van der Waals surface area contributed by atoms with E-state index in [2.05, 4.69) is 28.5 Å². The summed E-state index contributed by atoms with van der Waals surface area (Å²) in [5.41, 5.74) is 3.21. The maximum absolute atomic E-state index is 12.5. The first-order valence-corrected chi connectivity index (χ1v) is 11.0. The lowest BCUT2D eigenvalue weighted by molar-refractivity contribution is -0.130. The number of hydrogen-bond donors (Lipinski definition) is 1. The van der Waals surface area contributed by atoms with Gasteiger partial charge in [0.2, 0.25) is 5.91 Å². The largest absolute Gasteiger partial charge is 0.342 e. The van der Waals surface area contributed by atoms with Crippen molar-refractivity contribution >= 4 is 17.6 Å². The molecule has 1 aromatic carbocycles.